The third-order valence-electron chi connectivity index (χ3n) is 2.67. The minimum Gasteiger partial charge on any atom is -0.451 e. The fourth-order valence-electron chi connectivity index (χ4n) is 1.66. The first-order valence-corrected chi connectivity index (χ1v) is 6.87. The van der Waals surface area contributed by atoms with Crippen LogP contribution >= 0.6 is 0 Å². The second-order valence-corrected chi connectivity index (χ2v) is 5.18. The standard InChI is InChI=1S/C11H19NO3S/c1-4-10(15-8(2)16(3)14)11(13)9-5-6-12-7-9/h4,9,11-13H,2,5-7H2,1,3H3/b10-4-. The molecule has 0 aromatic carbocycles. The zero-order valence-corrected chi connectivity index (χ0v) is 10.5. The van der Waals surface area contributed by atoms with Crippen LogP contribution in [0.2, 0.25) is 0 Å². The van der Waals surface area contributed by atoms with Gasteiger partial charge in [-0.2, -0.15) is 0 Å². The Labute approximate surface area is 98.8 Å². The fraction of sp³-hybridized carbons (Fsp3) is 0.636. The monoisotopic (exact) mass is 245 g/mol. The maximum Gasteiger partial charge on any atom is 0.183 e. The summed E-state index contributed by atoms with van der Waals surface area (Å²) in [7, 11) is -1.23. The van der Waals surface area contributed by atoms with Crippen molar-refractivity contribution in [1.29, 1.82) is 0 Å². The zero-order valence-electron chi connectivity index (χ0n) is 9.73. The summed E-state index contributed by atoms with van der Waals surface area (Å²) >= 11 is 0. The molecule has 0 spiro atoms. The van der Waals surface area contributed by atoms with Crippen molar-refractivity contribution in [3.05, 3.63) is 23.5 Å². The van der Waals surface area contributed by atoms with Crippen LogP contribution in [-0.2, 0) is 15.5 Å². The summed E-state index contributed by atoms with van der Waals surface area (Å²) in [5.74, 6) is 0.596. The third kappa shape index (κ3) is 3.43. The molecule has 1 fully saturated rings. The molecule has 1 heterocycles. The summed E-state index contributed by atoms with van der Waals surface area (Å²) in [5, 5.41) is 13.4. The second kappa shape index (κ2) is 6.18. The van der Waals surface area contributed by atoms with Crippen molar-refractivity contribution in [2.75, 3.05) is 19.3 Å². The SMILES string of the molecule is C=C(O/C(=C\C)C(O)C1CCNC1)S(C)=O. The first kappa shape index (κ1) is 13.4. The molecular weight excluding hydrogens is 226 g/mol. The highest BCUT2D eigenvalue weighted by Crippen LogP contribution is 2.22. The number of hydrogen-bond donors (Lipinski definition) is 2. The summed E-state index contributed by atoms with van der Waals surface area (Å²) in [6.45, 7) is 7.04. The molecule has 0 radical (unpaired) electrons. The van der Waals surface area contributed by atoms with Gasteiger partial charge in [0.25, 0.3) is 0 Å². The van der Waals surface area contributed by atoms with Gasteiger partial charge in [-0.25, -0.2) is 0 Å². The molecule has 2 N–H and O–H groups in total. The van der Waals surface area contributed by atoms with E-state index in [2.05, 4.69) is 11.9 Å². The number of allylic oxidation sites excluding steroid dienone is 1. The van der Waals surface area contributed by atoms with Crippen molar-refractivity contribution in [2.24, 2.45) is 5.92 Å². The minimum atomic E-state index is -1.23. The predicted molar refractivity (Wildman–Crippen MR) is 65.0 cm³/mol. The second-order valence-electron chi connectivity index (χ2n) is 3.82. The molecule has 0 saturated carbocycles. The van der Waals surface area contributed by atoms with Gasteiger partial charge in [-0.3, -0.25) is 4.21 Å². The summed E-state index contributed by atoms with van der Waals surface area (Å²) < 4.78 is 16.4. The Hall–Kier alpha value is -0.650. The topological polar surface area (TPSA) is 58.6 Å². The first-order valence-electron chi connectivity index (χ1n) is 5.31. The van der Waals surface area contributed by atoms with E-state index in [1.165, 1.54) is 6.26 Å². The molecule has 16 heavy (non-hydrogen) atoms. The highest BCUT2D eigenvalue weighted by Gasteiger charge is 2.27. The van der Waals surface area contributed by atoms with Crippen molar-refractivity contribution in [3.8, 4) is 0 Å². The highest BCUT2D eigenvalue weighted by molar-refractivity contribution is 7.88. The number of aliphatic hydroxyl groups excluding tert-OH is 1. The molecule has 0 amide bonds. The van der Waals surface area contributed by atoms with Crippen molar-refractivity contribution in [1.82, 2.24) is 5.32 Å². The highest BCUT2D eigenvalue weighted by atomic mass is 32.2. The van der Waals surface area contributed by atoms with Gasteiger partial charge in [-0.05, 0) is 32.5 Å². The lowest BCUT2D eigenvalue weighted by atomic mass is 10.00. The Balaban J connectivity index is 2.60. The molecule has 5 heteroatoms. The van der Waals surface area contributed by atoms with Crippen LogP contribution in [0.25, 0.3) is 0 Å². The molecule has 0 aromatic heterocycles. The molecule has 0 bridgehead atoms. The Morgan fingerprint density at radius 3 is 2.88 bits per heavy atom. The lowest BCUT2D eigenvalue weighted by Gasteiger charge is -2.20. The smallest absolute Gasteiger partial charge is 0.183 e. The summed E-state index contributed by atoms with van der Waals surface area (Å²) in [5.41, 5.74) is 0. The number of hydrogen-bond acceptors (Lipinski definition) is 4. The van der Waals surface area contributed by atoms with Gasteiger partial charge in [0.2, 0.25) is 0 Å². The Morgan fingerprint density at radius 2 is 2.44 bits per heavy atom. The van der Waals surface area contributed by atoms with Crippen molar-refractivity contribution < 1.29 is 14.1 Å². The van der Waals surface area contributed by atoms with E-state index >= 15 is 0 Å². The van der Waals surface area contributed by atoms with Gasteiger partial charge in [0.15, 0.2) is 5.09 Å². The molecule has 3 atom stereocenters. The van der Waals surface area contributed by atoms with E-state index in [9.17, 15) is 9.32 Å². The van der Waals surface area contributed by atoms with E-state index in [-0.39, 0.29) is 11.0 Å². The molecule has 1 aliphatic heterocycles. The van der Waals surface area contributed by atoms with E-state index in [0.29, 0.717) is 5.76 Å². The maximum atomic E-state index is 11.1. The van der Waals surface area contributed by atoms with Crippen LogP contribution in [0.3, 0.4) is 0 Å². The third-order valence-corrected chi connectivity index (χ3v) is 3.40. The van der Waals surface area contributed by atoms with E-state index in [0.717, 1.165) is 19.5 Å². The van der Waals surface area contributed by atoms with Gasteiger partial charge in [-0.15, -0.1) is 0 Å². The van der Waals surface area contributed by atoms with Crippen LogP contribution in [0.1, 0.15) is 13.3 Å². The lowest BCUT2D eigenvalue weighted by molar-refractivity contribution is 0.0957. The average molecular weight is 245 g/mol. The van der Waals surface area contributed by atoms with Gasteiger partial charge in [0.05, 0.1) is 10.8 Å². The van der Waals surface area contributed by atoms with Gasteiger partial charge < -0.3 is 15.2 Å². The van der Waals surface area contributed by atoms with E-state index < -0.39 is 16.9 Å². The number of aliphatic hydroxyl groups is 1. The van der Waals surface area contributed by atoms with Crippen molar-refractivity contribution >= 4 is 10.8 Å². The van der Waals surface area contributed by atoms with Gasteiger partial charge in [0.1, 0.15) is 11.9 Å². The molecule has 0 aliphatic carbocycles. The van der Waals surface area contributed by atoms with Crippen LogP contribution in [0.5, 0.6) is 0 Å². The van der Waals surface area contributed by atoms with E-state index in [4.69, 9.17) is 4.74 Å². The summed E-state index contributed by atoms with van der Waals surface area (Å²) in [6, 6.07) is 0. The first-order chi connectivity index (χ1) is 7.56. The molecule has 0 aromatic rings. The van der Waals surface area contributed by atoms with Gasteiger partial charge in [0, 0.05) is 18.7 Å². The van der Waals surface area contributed by atoms with E-state index in [1.54, 1.807) is 13.0 Å². The van der Waals surface area contributed by atoms with E-state index in [1.807, 2.05) is 0 Å². The van der Waals surface area contributed by atoms with Gasteiger partial charge >= 0.3 is 0 Å². The maximum absolute atomic E-state index is 11.1. The fourth-order valence-corrected chi connectivity index (χ4v) is 1.87. The average Bonchev–Trinajstić information content (AvgIpc) is 2.77. The number of nitrogens with one attached hydrogen (secondary N) is 1. The Morgan fingerprint density at radius 1 is 1.75 bits per heavy atom. The Kier molecular flexibility index (Phi) is 5.18. The predicted octanol–water partition coefficient (Wildman–Crippen LogP) is 0.727. The van der Waals surface area contributed by atoms with Crippen LogP contribution < -0.4 is 5.32 Å². The molecule has 92 valence electrons. The van der Waals surface area contributed by atoms with Crippen LogP contribution in [0.4, 0.5) is 0 Å². The largest absolute Gasteiger partial charge is 0.451 e. The van der Waals surface area contributed by atoms with Crippen LogP contribution in [0.15, 0.2) is 23.5 Å². The number of rotatable bonds is 5. The summed E-state index contributed by atoms with van der Waals surface area (Å²) in [4.78, 5) is 0. The minimum absolute atomic E-state index is 0.157. The molecule has 1 saturated heterocycles. The van der Waals surface area contributed by atoms with Gasteiger partial charge in [-0.1, -0.05) is 0 Å². The molecule has 1 aliphatic rings. The lowest BCUT2D eigenvalue weighted by Crippen LogP contribution is -2.26. The quantitative estimate of drug-likeness (QED) is 0.701. The van der Waals surface area contributed by atoms with Crippen molar-refractivity contribution in [2.45, 2.75) is 19.4 Å². The molecule has 1 rings (SSSR count). The molecular formula is C11H19NO3S. The van der Waals surface area contributed by atoms with Crippen LogP contribution in [-0.4, -0.2) is 34.8 Å². The molecule has 4 nitrogen and oxygen atoms in total. The van der Waals surface area contributed by atoms with Crippen LogP contribution in [0, 0.1) is 5.92 Å². The normalized spacial score (nSPS) is 25.2. The number of ether oxygens (including phenoxy) is 1. The Bertz CT molecular complexity index is 308. The molecule has 3 unspecified atom stereocenters. The van der Waals surface area contributed by atoms with Crippen molar-refractivity contribution in [3.63, 3.8) is 0 Å². The zero-order chi connectivity index (χ0) is 12.1. The summed E-state index contributed by atoms with van der Waals surface area (Å²) in [6.07, 6.45) is 3.46.